The molecule has 0 unspecified atom stereocenters. The van der Waals surface area contributed by atoms with Crippen LogP contribution in [0.2, 0.25) is 0 Å². The number of imidazole rings is 1. The van der Waals surface area contributed by atoms with Crippen LogP contribution in [-0.4, -0.2) is 14.5 Å². The summed E-state index contributed by atoms with van der Waals surface area (Å²) in [6, 6.07) is 1.57. The van der Waals surface area contributed by atoms with E-state index >= 15 is 0 Å². The number of nitrogens with zero attached hydrogens (tertiary/aromatic N) is 2. The first-order valence-electron chi connectivity index (χ1n) is 4.26. The summed E-state index contributed by atoms with van der Waals surface area (Å²) in [5, 5.41) is 0. The van der Waals surface area contributed by atoms with Gasteiger partial charge in [-0.1, -0.05) is 6.92 Å². The van der Waals surface area contributed by atoms with Gasteiger partial charge < -0.3 is 9.55 Å². The lowest BCUT2D eigenvalue weighted by Crippen LogP contribution is -2.03. The molecule has 0 amide bonds. The molecule has 0 aromatic carbocycles. The fourth-order valence-electron chi connectivity index (χ4n) is 1.48. The van der Waals surface area contributed by atoms with Crippen LogP contribution in [0, 0.1) is 0 Å². The number of aromatic amines is 1. The Balaban J connectivity index is 2.85. The van der Waals surface area contributed by atoms with Crippen molar-refractivity contribution in [2.45, 2.75) is 13.3 Å². The van der Waals surface area contributed by atoms with Crippen LogP contribution in [0.25, 0.3) is 11.0 Å². The summed E-state index contributed by atoms with van der Waals surface area (Å²) in [6.45, 7) is 2.04. The molecular weight excluding hydrogens is 166 g/mol. The Morgan fingerprint density at radius 1 is 1.62 bits per heavy atom. The number of nitrogens with one attached hydrogen (secondary N) is 1. The average molecular weight is 177 g/mol. The second-order valence-corrected chi connectivity index (χ2v) is 3.01. The van der Waals surface area contributed by atoms with Gasteiger partial charge in [0.25, 0.3) is 0 Å². The highest BCUT2D eigenvalue weighted by Gasteiger charge is 2.05. The van der Waals surface area contributed by atoms with Crippen LogP contribution < -0.4 is 5.56 Å². The van der Waals surface area contributed by atoms with Gasteiger partial charge in [-0.25, -0.2) is 4.98 Å². The molecule has 0 saturated heterocycles. The Kier molecular flexibility index (Phi) is 1.69. The highest BCUT2D eigenvalue weighted by Crippen LogP contribution is 2.11. The zero-order chi connectivity index (χ0) is 9.42. The molecule has 0 aliphatic carbocycles. The van der Waals surface area contributed by atoms with Gasteiger partial charge in [-0.05, 0) is 0 Å². The third-order valence-electron chi connectivity index (χ3n) is 2.20. The third kappa shape index (κ3) is 1.14. The lowest BCUT2D eigenvalue weighted by Gasteiger charge is -1.96. The first kappa shape index (κ1) is 8.04. The standard InChI is InChI=1S/C9H11N3O/c1-3-8-11-6-5-10-9(13)4-7(6)12(8)2/h4-5H,3H2,1-2H3,(H,10,13). The van der Waals surface area contributed by atoms with Crippen LogP contribution in [-0.2, 0) is 13.5 Å². The highest BCUT2D eigenvalue weighted by molar-refractivity contribution is 5.74. The molecule has 2 heterocycles. The smallest absolute Gasteiger partial charge is 0.250 e. The minimum Gasteiger partial charge on any atom is -0.331 e. The number of fused-ring (bicyclic) bond motifs is 1. The predicted octanol–water partition coefficient (Wildman–Crippen LogP) is 0.824. The van der Waals surface area contributed by atoms with Crippen LogP contribution in [0.3, 0.4) is 0 Å². The van der Waals surface area contributed by atoms with Crippen LogP contribution in [0.5, 0.6) is 0 Å². The molecule has 0 aliphatic heterocycles. The summed E-state index contributed by atoms with van der Waals surface area (Å²) in [7, 11) is 1.92. The van der Waals surface area contributed by atoms with E-state index in [2.05, 4.69) is 9.97 Å². The van der Waals surface area contributed by atoms with Crippen LogP contribution >= 0.6 is 0 Å². The van der Waals surface area contributed by atoms with Crippen molar-refractivity contribution in [2.24, 2.45) is 7.05 Å². The summed E-state index contributed by atoms with van der Waals surface area (Å²) >= 11 is 0. The maximum atomic E-state index is 11.0. The third-order valence-corrected chi connectivity index (χ3v) is 2.20. The molecular formula is C9H11N3O. The second-order valence-electron chi connectivity index (χ2n) is 3.01. The van der Waals surface area contributed by atoms with E-state index in [1.165, 1.54) is 0 Å². The topological polar surface area (TPSA) is 50.7 Å². The minimum atomic E-state index is -0.0850. The van der Waals surface area contributed by atoms with Crippen LogP contribution in [0.4, 0.5) is 0 Å². The zero-order valence-corrected chi connectivity index (χ0v) is 7.66. The minimum absolute atomic E-state index is 0.0850. The Morgan fingerprint density at radius 3 is 3.08 bits per heavy atom. The van der Waals surface area contributed by atoms with Crippen molar-refractivity contribution in [2.75, 3.05) is 0 Å². The molecule has 0 aliphatic rings. The lowest BCUT2D eigenvalue weighted by molar-refractivity contribution is 0.828. The normalized spacial score (nSPS) is 10.9. The maximum Gasteiger partial charge on any atom is 0.250 e. The van der Waals surface area contributed by atoms with E-state index in [4.69, 9.17) is 0 Å². The molecule has 0 atom stereocenters. The van der Waals surface area contributed by atoms with Crippen molar-refractivity contribution in [3.8, 4) is 0 Å². The predicted molar refractivity (Wildman–Crippen MR) is 50.7 cm³/mol. The Bertz CT molecular complexity index is 495. The first-order valence-corrected chi connectivity index (χ1v) is 4.26. The largest absolute Gasteiger partial charge is 0.331 e. The van der Waals surface area contributed by atoms with Gasteiger partial charge in [0, 0.05) is 25.7 Å². The average Bonchev–Trinajstić information content (AvgIpc) is 2.44. The molecule has 0 spiro atoms. The van der Waals surface area contributed by atoms with Gasteiger partial charge in [0.15, 0.2) is 0 Å². The Hall–Kier alpha value is -1.58. The Morgan fingerprint density at radius 2 is 2.38 bits per heavy atom. The Labute approximate surface area is 75.2 Å². The molecule has 2 rings (SSSR count). The summed E-state index contributed by atoms with van der Waals surface area (Å²) in [5.74, 6) is 0.994. The van der Waals surface area contributed by atoms with Gasteiger partial charge in [-0.3, -0.25) is 4.79 Å². The fraction of sp³-hybridized carbons (Fsp3) is 0.333. The van der Waals surface area contributed by atoms with Crippen molar-refractivity contribution in [1.82, 2.24) is 14.5 Å². The molecule has 13 heavy (non-hydrogen) atoms. The number of hydrogen-bond donors (Lipinski definition) is 1. The van der Waals surface area contributed by atoms with Crippen molar-refractivity contribution < 1.29 is 0 Å². The molecule has 1 N–H and O–H groups in total. The van der Waals surface area contributed by atoms with Crippen LogP contribution in [0.15, 0.2) is 17.1 Å². The van der Waals surface area contributed by atoms with Crippen molar-refractivity contribution in [3.63, 3.8) is 0 Å². The second kappa shape index (κ2) is 2.73. The van der Waals surface area contributed by atoms with Gasteiger partial charge in [-0.15, -0.1) is 0 Å². The molecule has 0 fully saturated rings. The monoisotopic (exact) mass is 177 g/mol. The quantitative estimate of drug-likeness (QED) is 0.701. The number of hydrogen-bond acceptors (Lipinski definition) is 2. The highest BCUT2D eigenvalue weighted by atomic mass is 16.1. The molecule has 4 heteroatoms. The van der Waals surface area contributed by atoms with Gasteiger partial charge in [0.2, 0.25) is 5.56 Å². The van der Waals surface area contributed by atoms with Gasteiger partial charge in [0.1, 0.15) is 11.3 Å². The summed E-state index contributed by atoms with van der Waals surface area (Å²) < 4.78 is 1.95. The van der Waals surface area contributed by atoms with Crippen molar-refractivity contribution in [1.29, 1.82) is 0 Å². The summed E-state index contributed by atoms with van der Waals surface area (Å²) in [5.41, 5.74) is 1.65. The summed E-state index contributed by atoms with van der Waals surface area (Å²) in [4.78, 5) is 18.0. The van der Waals surface area contributed by atoms with E-state index in [0.717, 1.165) is 23.3 Å². The van der Waals surface area contributed by atoms with E-state index in [-0.39, 0.29) is 5.56 Å². The number of aryl methyl sites for hydroxylation is 2. The maximum absolute atomic E-state index is 11.0. The molecule has 0 bridgehead atoms. The van der Waals surface area contributed by atoms with Gasteiger partial charge in [0.05, 0.1) is 5.52 Å². The SMILES string of the molecule is CCc1nc2c[nH]c(=O)cc2n1C. The summed E-state index contributed by atoms with van der Waals surface area (Å²) in [6.07, 6.45) is 2.52. The van der Waals surface area contributed by atoms with E-state index < -0.39 is 0 Å². The molecule has 2 aromatic rings. The number of pyridine rings is 1. The van der Waals surface area contributed by atoms with Gasteiger partial charge >= 0.3 is 0 Å². The van der Waals surface area contributed by atoms with E-state index in [9.17, 15) is 4.79 Å². The van der Waals surface area contributed by atoms with E-state index in [1.807, 2.05) is 18.5 Å². The molecule has 0 radical (unpaired) electrons. The molecule has 4 nitrogen and oxygen atoms in total. The molecule has 2 aromatic heterocycles. The van der Waals surface area contributed by atoms with E-state index in [0.29, 0.717) is 0 Å². The molecule has 68 valence electrons. The number of H-pyrrole nitrogens is 1. The van der Waals surface area contributed by atoms with Crippen molar-refractivity contribution in [3.05, 3.63) is 28.4 Å². The van der Waals surface area contributed by atoms with Crippen LogP contribution in [0.1, 0.15) is 12.7 Å². The number of aromatic nitrogens is 3. The zero-order valence-electron chi connectivity index (χ0n) is 7.66. The number of rotatable bonds is 1. The molecule has 0 saturated carbocycles. The first-order chi connectivity index (χ1) is 6.22. The van der Waals surface area contributed by atoms with Crippen molar-refractivity contribution >= 4 is 11.0 Å². The lowest BCUT2D eigenvalue weighted by atomic mass is 10.4. The van der Waals surface area contributed by atoms with Gasteiger partial charge in [-0.2, -0.15) is 0 Å². The fourth-order valence-corrected chi connectivity index (χ4v) is 1.48. The van der Waals surface area contributed by atoms with E-state index in [1.54, 1.807) is 12.3 Å².